The Bertz CT molecular complexity index is 396. The number of aromatic hydroxyl groups is 1. The van der Waals surface area contributed by atoms with Crippen molar-refractivity contribution in [3.63, 3.8) is 0 Å². The number of hydrogen-bond donors (Lipinski definition) is 3. The molecule has 1 amide bonds. The number of carbonyl (C=O) groups is 1. The van der Waals surface area contributed by atoms with Crippen LogP contribution in [0.15, 0.2) is 27.8 Å². The number of benzene rings is 1. The molecule has 15 heavy (non-hydrogen) atoms. The SMILES string of the molecule is O=C(CS)N/N=C\c1cc(Br)ccc1O. The van der Waals surface area contributed by atoms with E-state index in [1.165, 1.54) is 12.3 Å². The van der Waals surface area contributed by atoms with Gasteiger partial charge in [0.15, 0.2) is 0 Å². The third-order valence-electron chi connectivity index (χ3n) is 1.53. The van der Waals surface area contributed by atoms with Gasteiger partial charge in [-0.3, -0.25) is 4.79 Å². The summed E-state index contributed by atoms with van der Waals surface area (Å²) in [6.07, 6.45) is 1.36. The minimum Gasteiger partial charge on any atom is -0.507 e. The number of amides is 1. The van der Waals surface area contributed by atoms with Crippen LogP contribution in [0.25, 0.3) is 0 Å². The largest absolute Gasteiger partial charge is 0.507 e. The van der Waals surface area contributed by atoms with Crippen molar-refractivity contribution in [3.05, 3.63) is 28.2 Å². The van der Waals surface area contributed by atoms with Crippen LogP contribution in [0.4, 0.5) is 0 Å². The average Bonchev–Trinajstić information content (AvgIpc) is 2.23. The van der Waals surface area contributed by atoms with Crippen LogP contribution in [0.2, 0.25) is 0 Å². The van der Waals surface area contributed by atoms with Crippen LogP contribution in [-0.4, -0.2) is 23.0 Å². The highest BCUT2D eigenvalue weighted by Gasteiger charge is 1.98. The molecule has 4 nitrogen and oxygen atoms in total. The average molecular weight is 289 g/mol. The van der Waals surface area contributed by atoms with Gasteiger partial charge < -0.3 is 5.11 Å². The van der Waals surface area contributed by atoms with Crippen LogP contribution in [-0.2, 0) is 4.79 Å². The number of nitrogens with one attached hydrogen (secondary N) is 1. The van der Waals surface area contributed by atoms with Crippen LogP contribution in [0.3, 0.4) is 0 Å². The lowest BCUT2D eigenvalue weighted by Crippen LogP contribution is -2.18. The quantitative estimate of drug-likeness (QED) is 0.449. The normalized spacial score (nSPS) is 10.5. The number of hydrazone groups is 1. The van der Waals surface area contributed by atoms with Crippen molar-refractivity contribution >= 4 is 40.7 Å². The summed E-state index contributed by atoms with van der Waals surface area (Å²) < 4.78 is 0.822. The number of thiol groups is 1. The van der Waals surface area contributed by atoms with Gasteiger partial charge >= 0.3 is 0 Å². The van der Waals surface area contributed by atoms with Crippen LogP contribution >= 0.6 is 28.6 Å². The minimum atomic E-state index is -0.302. The molecule has 0 heterocycles. The van der Waals surface area contributed by atoms with Gasteiger partial charge in [0.2, 0.25) is 5.91 Å². The van der Waals surface area contributed by atoms with E-state index in [0.717, 1.165) is 4.47 Å². The third-order valence-corrected chi connectivity index (χ3v) is 2.31. The summed E-state index contributed by atoms with van der Waals surface area (Å²) in [7, 11) is 0. The Morgan fingerprint density at radius 3 is 3.07 bits per heavy atom. The Morgan fingerprint density at radius 1 is 1.67 bits per heavy atom. The van der Waals surface area contributed by atoms with Crippen molar-refractivity contribution in [2.45, 2.75) is 0 Å². The zero-order valence-electron chi connectivity index (χ0n) is 7.64. The number of phenolic OH excluding ortho intramolecular Hbond substituents is 1. The summed E-state index contributed by atoms with van der Waals surface area (Å²) in [6.45, 7) is 0. The summed E-state index contributed by atoms with van der Waals surface area (Å²) in [5, 5.41) is 13.1. The summed E-state index contributed by atoms with van der Waals surface area (Å²) >= 11 is 7.03. The number of carbonyl (C=O) groups excluding carboxylic acids is 1. The Morgan fingerprint density at radius 2 is 2.40 bits per heavy atom. The molecule has 0 aliphatic heterocycles. The molecule has 0 spiro atoms. The number of phenols is 1. The first-order chi connectivity index (χ1) is 7.13. The van der Waals surface area contributed by atoms with Crippen LogP contribution in [0.1, 0.15) is 5.56 Å². The molecule has 0 saturated heterocycles. The van der Waals surface area contributed by atoms with Crippen molar-refractivity contribution in [2.75, 3.05) is 5.75 Å². The molecule has 0 radical (unpaired) electrons. The molecule has 2 N–H and O–H groups in total. The maximum atomic E-state index is 10.8. The number of hydrogen-bond acceptors (Lipinski definition) is 4. The van der Waals surface area contributed by atoms with Gasteiger partial charge in [-0.05, 0) is 18.2 Å². The van der Waals surface area contributed by atoms with Crippen molar-refractivity contribution in [1.82, 2.24) is 5.43 Å². The second-order valence-corrected chi connectivity index (χ2v) is 3.89. The van der Waals surface area contributed by atoms with Crippen LogP contribution < -0.4 is 5.43 Å². The first-order valence-corrected chi connectivity index (χ1v) is 5.47. The Kier molecular flexibility index (Phi) is 4.64. The van der Waals surface area contributed by atoms with Crippen molar-refractivity contribution in [1.29, 1.82) is 0 Å². The van der Waals surface area contributed by atoms with E-state index in [9.17, 15) is 9.90 Å². The van der Waals surface area contributed by atoms with E-state index in [2.05, 4.69) is 39.1 Å². The number of halogens is 1. The molecule has 1 rings (SSSR count). The number of nitrogens with zero attached hydrogens (tertiary/aromatic N) is 1. The lowest BCUT2D eigenvalue weighted by molar-refractivity contribution is -0.118. The molecule has 0 aromatic heterocycles. The zero-order valence-corrected chi connectivity index (χ0v) is 10.1. The lowest BCUT2D eigenvalue weighted by atomic mass is 10.2. The van der Waals surface area contributed by atoms with E-state index >= 15 is 0 Å². The predicted octanol–water partition coefficient (Wildman–Crippen LogP) is 1.53. The molecule has 0 atom stereocenters. The maximum absolute atomic E-state index is 10.8. The molecule has 0 fully saturated rings. The summed E-state index contributed by atoms with van der Waals surface area (Å²) in [5.74, 6) is -0.131. The molecule has 0 unspecified atom stereocenters. The van der Waals surface area contributed by atoms with Crippen molar-refractivity contribution < 1.29 is 9.90 Å². The van der Waals surface area contributed by atoms with E-state index in [-0.39, 0.29) is 17.4 Å². The van der Waals surface area contributed by atoms with E-state index in [4.69, 9.17) is 0 Å². The van der Waals surface area contributed by atoms with Gasteiger partial charge in [-0.2, -0.15) is 17.7 Å². The van der Waals surface area contributed by atoms with E-state index in [0.29, 0.717) is 5.56 Å². The van der Waals surface area contributed by atoms with Gasteiger partial charge in [-0.1, -0.05) is 15.9 Å². The summed E-state index contributed by atoms with van der Waals surface area (Å²) in [5.41, 5.74) is 2.77. The van der Waals surface area contributed by atoms with Crippen molar-refractivity contribution in [2.24, 2.45) is 5.10 Å². The standard InChI is InChI=1S/C9H9BrN2O2S/c10-7-1-2-8(13)6(3-7)4-11-12-9(14)5-15/h1-4,13,15H,5H2,(H,12,14)/b11-4-. The lowest BCUT2D eigenvalue weighted by Gasteiger charge is -1.99. The Hall–Kier alpha value is -1.01. The fourth-order valence-corrected chi connectivity index (χ4v) is 1.29. The molecule has 80 valence electrons. The van der Waals surface area contributed by atoms with Crippen molar-refractivity contribution in [3.8, 4) is 5.75 Å². The van der Waals surface area contributed by atoms with Gasteiger partial charge in [-0.25, -0.2) is 5.43 Å². The fraction of sp³-hybridized carbons (Fsp3) is 0.111. The number of rotatable bonds is 3. The van der Waals surface area contributed by atoms with Crippen LogP contribution in [0, 0.1) is 0 Å². The second kappa shape index (κ2) is 5.77. The molecule has 1 aromatic rings. The van der Waals surface area contributed by atoms with E-state index in [1.807, 2.05) is 0 Å². The molecular weight excluding hydrogens is 280 g/mol. The van der Waals surface area contributed by atoms with Gasteiger partial charge in [0.05, 0.1) is 12.0 Å². The molecule has 0 aliphatic carbocycles. The van der Waals surface area contributed by atoms with Crippen LogP contribution in [0.5, 0.6) is 5.75 Å². The molecule has 0 bridgehead atoms. The van der Waals surface area contributed by atoms with E-state index < -0.39 is 0 Å². The molecule has 0 aliphatic rings. The maximum Gasteiger partial charge on any atom is 0.249 e. The summed E-state index contributed by atoms with van der Waals surface area (Å²) in [4.78, 5) is 10.8. The smallest absolute Gasteiger partial charge is 0.249 e. The highest BCUT2D eigenvalue weighted by atomic mass is 79.9. The fourth-order valence-electron chi connectivity index (χ4n) is 0.838. The first-order valence-electron chi connectivity index (χ1n) is 4.05. The van der Waals surface area contributed by atoms with Gasteiger partial charge in [0, 0.05) is 10.0 Å². The predicted molar refractivity (Wildman–Crippen MR) is 65.4 cm³/mol. The molecule has 1 aromatic carbocycles. The highest BCUT2D eigenvalue weighted by Crippen LogP contribution is 2.19. The molecular formula is C9H9BrN2O2S. The second-order valence-electron chi connectivity index (χ2n) is 2.65. The minimum absolute atomic E-state index is 0.0712. The van der Waals surface area contributed by atoms with Gasteiger partial charge in [0.25, 0.3) is 0 Å². The van der Waals surface area contributed by atoms with Gasteiger partial charge in [0.1, 0.15) is 5.75 Å². The topological polar surface area (TPSA) is 61.7 Å². The zero-order chi connectivity index (χ0) is 11.3. The highest BCUT2D eigenvalue weighted by molar-refractivity contribution is 9.10. The third kappa shape index (κ3) is 3.93. The summed E-state index contributed by atoms with van der Waals surface area (Å²) in [6, 6.07) is 4.93. The molecule has 6 heteroatoms. The van der Waals surface area contributed by atoms with E-state index in [1.54, 1.807) is 12.1 Å². The van der Waals surface area contributed by atoms with Gasteiger partial charge in [-0.15, -0.1) is 0 Å². The first kappa shape index (κ1) is 12.1. The Labute approximate surface area is 101 Å². The Balaban J connectivity index is 2.71. The molecule has 0 saturated carbocycles. The monoisotopic (exact) mass is 288 g/mol.